The zero-order valence-corrected chi connectivity index (χ0v) is 16.0. The van der Waals surface area contributed by atoms with E-state index < -0.39 is 0 Å². The molecule has 0 spiro atoms. The van der Waals surface area contributed by atoms with Crippen LogP contribution < -0.4 is 14.8 Å². The van der Waals surface area contributed by atoms with Gasteiger partial charge in [-0.3, -0.25) is 4.79 Å². The van der Waals surface area contributed by atoms with E-state index >= 15 is 0 Å². The number of methoxy groups -OCH3 is 1. The molecule has 1 N–H and O–H groups in total. The second kappa shape index (κ2) is 8.56. The third-order valence-electron chi connectivity index (χ3n) is 4.03. The van der Waals surface area contributed by atoms with Crippen LogP contribution in [0, 0.1) is 0 Å². The number of rotatable bonds is 7. The van der Waals surface area contributed by atoms with E-state index in [9.17, 15) is 4.79 Å². The van der Waals surface area contributed by atoms with Crippen LogP contribution in [-0.4, -0.2) is 19.6 Å². The first-order chi connectivity index (χ1) is 12.4. The molecule has 2 aromatic carbocycles. The summed E-state index contributed by atoms with van der Waals surface area (Å²) in [4.78, 5) is 12.2. The number of para-hydroxylation sites is 1. The molecular weight excluding hydrogens is 326 g/mol. The Kier molecular flexibility index (Phi) is 6.45. The smallest absolute Gasteiger partial charge is 0.251 e. The summed E-state index contributed by atoms with van der Waals surface area (Å²) >= 11 is 0. The van der Waals surface area contributed by atoms with Crippen LogP contribution in [0.4, 0.5) is 0 Å². The van der Waals surface area contributed by atoms with Crippen molar-refractivity contribution in [1.82, 2.24) is 5.32 Å². The summed E-state index contributed by atoms with van der Waals surface area (Å²) in [7, 11) is 1.61. The SMILES string of the molecule is C=CCNC(=O)c1ccc(OC)c(COc2ccccc2C(C)(C)C)c1. The Hall–Kier alpha value is -2.75. The van der Waals surface area contributed by atoms with E-state index in [0.29, 0.717) is 24.5 Å². The lowest BCUT2D eigenvalue weighted by Crippen LogP contribution is -2.23. The summed E-state index contributed by atoms with van der Waals surface area (Å²) in [6.07, 6.45) is 1.65. The van der Waals surface area contributed by atoms with Crippen molar-refractivity contribution in [2.24, 2.45) is 0 Å². The summed E-state index contributed by atoms with van der Waals surface area (Å²) in [6.45, 7) is 10.8. The van der Waals surface area contributed by atoms with Crippen LogP contribution in [0.15, 0.2) is 55.1 Å². The highest BCUT2D eigenvalue weighted by atomic mass is 16.5. The Labute approximate surface area is 155 Å². The Balaban J connectivity index is 2.24. The summed E-state index contributed by atoms with van der Waals surface area (Å²) in [6, 6.07) is 13.3. The van der Waals surface area contributed by atoms with Gasteiger partial charge in [0.15, 0.2) is 0 Å². The van der Waals surface area contributed by atoms with Gasteiger partial charge >= 0.3 is 0 Å². The van der Waals surface area contributed by atoms with E-state index in [-0.39, 0.29) is 11.3 Å². The largest absolute Gasteiger partial charge is 0.496 e. The van der Waals surface area contributed by atoms with Crippen LogP contribution in [0.1, 0.15) is 42.3 Å². The molecule has 0 aliphatic carbocycles. The fourth-order valence-corrected chi connectivity index (χ4v) is 2.67. The zero-order valence-electron chi connectivity index (χ0n) is 16.0. The molecule has 0 saturated carbocycles. The average molecular weight is 353 g/mol. The quantitative estimate of drug-likeness (QED) is 0.746. The van der Waals surface area contributed by atoms with Crippen LogP contribution in [0.5, 0.6) is 11.5 Å². The van der Waals surface area contributed by atoms with Crippen molar-refractivity contribution in [2.45, 2.75) is 32.8 Å². The molecule has 0 unspecified atom stereocenters. The molecule has 0 fully saturated rings. The molecule has 138 valence electrons. The molecule has 0 heterocycles. The van der Waals surface area contributed by atoms with Crippen molar-refractivity contribution >= 4 is 5.91 Å². The van der Waals surface area contributed by atoms with Crippen molar-refractivity contribution in [1.29, 1.82) is 0 Å². The van der Waals surface area contributed by atoms with Gasteiger partial charge in [0.2, 0.25) is 0 Å². The number of carbonyl (C=O) groups excluding carboxylic acids is 1. The van der Waals surface area contributed by atoms with Gasteiger partial charge in [0.25, 0.3) is 5.91 Å². The van der Waals surface area contributed by atoms with Gasteiger partial charge in [-0.2, -0.15) is 0 Å². The molecule has 0 radical (unpaired) electrons. The highest BCUT2D eigenvalue weighted by Crippen LogP contribution is 2.32. The number of amides is 1. The lowest BCUT2D eigenvalue weighted by Gasteiger charge is -2.23. The molecule has 2 rings (SSSR count). The predicted octanol–water partition coefficient (Wildman–Crippen LogP) is 4.49. The lowest BCUT2D eigenvalue weighted by atomic mass is 9.86. The maximum absolute atomic E-state index is 12.2. The molecule has 0 atom stereocenters. The second-order valence-electron chi connectivity index (χ2n) is 7.06. The summed E-state index contributed by atoms with van der Waals surface area (Å²) in [5, 5.41) is 2.78. The molecule has 2 aromatic rings. The molecule has 1 amide bonds. The second-order valence-corrected chi connectivity index (χ2v) is 7.06. The first kappa shape index (κ1) is 19.6. The molecule has 0 saturated heterocycles. The van der Waals surface area contributed by atoms with E-state index in [1.165, 1.54) is 0 Å². The topological polar surface area (TPSA) is 47.6 Å². The normalized spacial score (nSPS) is 10.9. The molecule has 0 bridgehead atoms. The maximum Gasteiger partial charge on any atom is 0.251 e. The van der Waals surface area contributed by atoms with Crippen molar-refractivity contribution in [2.75, 3.05) is 13.7 Å². The molecule has 4 heteroatoms. The fourth-order valence-electron chi connectivity index (χ4n) is 2.67. The fraction of sp³-hybridized carbons (Fsp3) is 0.318. The van der Waals surface area contributed by atoms with Gasteiger partial charge in [-0.1, -0.05) is 45.0 Å². The van der Waals surface area contributed by atoms with Crippen LogP contribution >= 0.6 is 0 Å². The van der Waals surface area contributed by atoms with E-state index in [1.807, 2.05) is 18.2 Å². The molecular formula is C22H27NO3. The van der Waals surface area contributed by atoms with Gasteiger partial charge in [0.05, 0.1) is 7.11 Å². The molecule has 4 nitrogen and oxygen atoms in total. The monoisotopic (exact) mass is 353 g/mol. The van der Waals surface area contributed by atoms with Gasteiger partial charge < -0.3 is 14.8 Å². The Morgan fingerprint density at radius 2 is 1.88 bits per heavy atom. The average Bonchev–Trinajstić information content (AvgIpc) is 2.63. The number of nitrogens with one attached hydrogen (secondary N) is 1. The van der Waals surface area contributed by atoms with E-state index in [0.717, 1.165) is 16.9 Å². The summed E-state index contributed by atoms with van der Waals surface area (Å²) in [5.41, 5.74) is 2.50. The van der Waals surface area contributed by atoms with Crippen molar-refractivity contribution in [3.05, 3.63) is 71.8 Å². The van der Waals surface area contributed by atoms with Gasteiger partial charge in [-0.25, -0.2) is 0 Å². The maximum atomic E-state index is 12.2. The van der Waals surface area contributed by atoms with Crippen LogP contribution in [0.25, 0.3) is 0 Å². The van der Waals surface area contributed by atoms with Crippen LogP contribution in [0.2, 0.25) is 0 Å². The minimum absolute atomic E-state index is 0.0207. The number of hydrogen-bond donors (Lipinski definition) is 1. The molecule has 0 aliphatic rings. The third kappa shape index (κ3) is 4.88. The van der Waals surface area contributed by atoms with Gasteiger partial charge in [0, 0.05) is 17.7 Å². The summed E-state index contributed by atoms with van der Waals surface area (Å²) < 4.78 is 11.5. The van der Waals surface area contributed by atoms with E-state index in [1.54, 1.807) is 31.4 Å². The first-order valence-electron chi connectivity index (χ1n) is 8.65. The molecule has 0 aromatic heterocycles. The number of benzene rings is 2. The standard InChI is InChI=1S/C22H27NO3/c1-6-13-23-21(24)16-11-12-19(25-5)17(14-16)15-26-20-10-8-7-9-18(20)22(2,3)4/h6-12,14H,1,13,15H2,2-5H3,(H,23,24). The number of ether oxygens (including phenoxy) is 2. The highest BCUT2D eigenvalue weighted by Gasteiger charge is 2.19. The van der Waals surface area contributed by atoms with Crippen LogP contribution in [-0.2, 0) is 12.0 Å². The van der Waals surface area contributed by atoms with Gasteiger partial charge in [-0.05, 0) is 35.2 Å². The lowest BCUT2D eigenvalue weighted by molar-refractivity contribution is 0.0958. The predicted molar refractivity (Wildman–Crippen MR) is 105 cm³/mol. The Morgan fingerprint density at radius 3 is 2.54 bits per heavy atom. The van der Waals surface area contributed by atoms with Crippen molar-refractivity contribution < 1.29 is 14.3 Å². The number of carbonyl (C=O) groups is 1. The minimum Gasteiger partial charge on any atom is -0.496 e. The van der Waals surface area contributed by atoms with E-state index in [4.69, 9.17) is 9.47 Å². The van der Waals surface area contributed by atoms with Gasteiger partial charge in [-0.15, -0.1) is 6.58 Å². The van der Waals surface area contributed by atoms with Crippen molar-refractivity contribution in [3.63, 3.8) is 0 Å². The Morgan fingerprint density at radius 1 is 1.15 bits per heavy atom. The van der Waals surface area contributed by atoms with Gasteiger partial charge in [0.1, 0.15) is 18.1 Å². The first-order valence-corrected chi connectivity index (χ1v) is 8.65. The Bertz CT molecular complexity index is 775. The zero-order chi connectivity index (χ0) is 19.2. The molecule has 0 aliphatic heterocycles. The van der Waals surface area contributed by atoms with Crippen molar-refractivity contribution in [3.8, 4) is 11.5 Å². The molecule has 26 heavy (non-hydrogen) atoms. The summed E-state index contributed by atoms with van der Waals surface area (Å²) in [5.74, 6) is 1.38. The minimum atomic E-state index is -0.149. The third-order valence-corrected chi connectivity index (χ3v) is 4.03. The van der Waals surface area contributed by atoms with Crippen LogP contribution in [0.3, 0.4) is 0 Å². The van der Waals surface area contributed by atoms with E-state index in [2.05, 4.69) is 38.7 Å². The number of hydrogen-bond acceptors (Lipinski definition) is 3. The highest BCUT2D eigenvalue weighted by molar-refractivity contribution is 5.94.